The van der Waals surface area contributed by atoms with Gasteiger partial charge in [0, 0.05) is 12.5 Å². The van der Waals surface area contributed by atoms with Gasteiger partial charge in [0.25, 0.3) is 0 Å². The highest BCUT2D eigenvalue weighted by Gasteiger charge is 2.37. The van der Waals surface area contributed by atoms with Crippen LogP contribution in [0.3, 0.4) is 0 Å². The van der Waals surface area contributed by atoms with Crippen LogP contribution in [0.1, 0.15) is 43.3 Å². The normalized spacial score (nSPS) is 21.1. The van der Waals surface area contributed by atoms with Crippen LogP contribution >= 0.6 is 11.3 Å². The monoisotopic (exact) mass is 286 g/mol. The quantitative estimate of drug-likeness (QED) is 0.794. The number of nitrogens with one attached hydrogen (secondary N) is 1. The second kappa shape index (κ2) is 6.06. The van der Waals surface area contributed by atoms with Crippen molar-refractivity contribution in [3.8, 4) is 10.4 Å². The summed E-state index contributed by atoms with van der Waals surface area (Å²) in [5.74, 6) is 1.53. The third kappa shape index (κ3) is 2.94. The van der Waals surface area contributed by atoms with Crippen LogP contribution in [-0.2, 0) is 6.54 Å². The van der Waals surface area contributed by atoms with Crippen LogP contribution in [0.5, 0.6) is 0 Å². The van der Waals surface area contributed by atoms with Gasteiger partial charge in [-0.25, -0.2) is 4.98 Å². The number of benzene rings is 1. The summed E-state index contributed by atoms with van der Waals surface area (Å²) in [6.45, 7) is 6.46. The minimum absolute atomic E-state index is 0.711. The van der Waals surface area contributed by atoms with Gasteiger partial charge in [0.05, 0.1) is 15.6 Å². The fraction of sp³-hybridized carbons (Fsp3) is 0.471. The van der Waals surface area contributed by atoms with E-state index in [1.54, 1.807) is 0 Å². The molecule has 0 spiro atoms. The fourth-order valence-corrected chi connectivity index (χ4v) is 3.85. The second-order valence-electron chi connectivity index (χ2n) is 5.69. The molecule has 1 N–H and O–H groups in total. The van der Waals surface area contributed by atoms with Gasteiger partial charge < -0.3 is 5.32 Å². The summed E-state index contributed by atoms with van der Waals surface area (Å²) < 4.78 is 0. The summed E-state index contributed by atoms with van der Waals surface area (Å²) in [7, 11) is 0. The van der Waals surface area contributed by atoms with E-state index in [9.17, 15) is 0 Å². The first-order valence-electron chi connectivity index (χ1n) is 7.55. The Bertz CT molecular complexity index is 562. The molecule has 2 aromatic rings. The Hall–Kier alpha value is -1.19. The van der Waals surface area contributed by atoms with E-state index in [2.05, 4.69) is 49.5 Å². The lowest BCUT2D eigenvalue weighted by Crippen LogP contribution is -2.14. The summed E-state index contributed by atoms with van der Waals surface area (Å²) in [4.78, 5) is 6.28. The smallest absolute Gasteiger partial charge is 0.0969 e. The van der Waals surface area contributed by atoms with Gasteiger partial charge in [-0.15, -0.1) is 11.3 Å². The van der Waals surface area contributed by atoms with Crippen molar-refractivity contribution in [3.63, 3.8) is 0 Å². The summed E-state index contributed by atoms with van der Waals surface area (Å²) in [5.41, 5.74) is 2.53. The maximum absolute atomic E-state index is 4.93. The third-order valence-corrected chi connectivity index (χ3v) is 5.17. The molecule has 3 rings (SSSR count). The molecule has 0 amide bonds. The highest BCUT2D eigenvalue weighted by Crippen LogP contribution is 2.49. The third-order valence-electron chi connectivity index (χ3n) is 3.90. The number of aromatic nitrogens is 1. The molecule has 1 aliphatic carbocycles. The predicted molar refractivity (Wildman–Crippen MR) is 86.1 cm³/mol. The van der Waals surface area contributed by atoms with Gasteiger partial charge in [-0.2, -0.15) is 0 Å². The number of nitrogens with zero attached hydrogens (tertiary/aromatic N) is 1. The highest BCUT2D eigenvalue weighted by molar-refractivity contribution is 7.15. The number of hydrogen-bond donors (Lipinski definition) is 1. The van der Waals surface area contributed by atoms with E-state index in [-0.39, 0.29) is 0 Å². The molecule has 1 aliphatic rings. The minimum atomic E-state index is 0.711. The molecule has 0 radical (unpaired) electrons. The van der Waals surface area contributed by atoms with Crippen molar-refractivity contribution in [1.29, 1.82) is 0 Å². The zero-order valence-corrected chi connectivity index (χ0v) is 13.0. The first kappa shape index (κ1) is 13.8. The van der Waals surface area contributed by atoms with E-state index in [1.807, 2.05) is 11.3 Å². The molecule has 1 saturated carbocycles. The molecule has 2 nitrogen and oxygen atoms in total. The van der Waals surface area contributed by atoms with Gasteiger partial charge >= 0.3 is 0 Å². The van der Waals surface area contributed by atoms with Crippen LogP contribution in [0.15, 0.2) is 30.3 Å². The lowest BCUT2D eigenvalue weighted by atomic mass is 10.1. The van der Waals surface area contributed by atoms with Crippen molar-refractivity contribution in [2.75, 3.05) is 6.54 Å². The Morgan fingerprint density at radius 2 is 2.05 bits per heavy atom. The van der Waals surface area contributed by atoms with E-state index in [1.165, 1.54) is 27.6 Å². The highest BCUT2D eigenvalue weighted by atomic mass is 32.1. The maximum atomic E-state index is 4.93. The Morgan fingerprint density at radius 3 is 2.70 bits per heavy atom. The topological polar surface area (TPSA) is 24.9 Å². The predicted octanol–water partition coefficient (Wildman–Crippen LogP) is 4.43. The van der Waals surface area contributed by atoms with E-state index in [4.69, 9.17) is 4.98 Å². The zero-order valence-electron chi connectivity index (χ0n) is 12.2. The molecule has 3 heteroatoms. The van der Waals surface area contributed by atoms with Crippen molar-refractivity contribution in [2.45, 2.75) is 39.2 Å². The molecular weight excluding hydrogens is 264 g/mol. The summed E-state index contributed by atoms with van der Waals surface area (Å²) in [6, 6.07) is 10.7. The van der Waals surface area contributed by atoms with Crippen LogP contribution in [0.25, 0.3) is 10.4 Å². The van der Waals surface area contributed by atoms with Crippen LogP contribution in [0.4, 0.5) is 0 Å². The van der Waals surface area contributed by atoms with E-state index >= 15 is 0 Å². The van der Waals surface area contributed by atoms with Crippen LogP contribution < -0.4 is 5.32 Å². The molecule has 1 aromatic heterocycles. The summed E-state index contributed by atoms with van der Waals surface area (Å²) in [6.07, 6.45) is 2.47. The number of hydrogen-bond acceptors (Lipinski definition) is 3. The Balaban J connectivity index is 1.87. The average molecular weight is 286 g/mol. The van der Waals surface area contributed by atoms with Gasteiger partial charge in [0.15, 0.2) is 0 Å². The van der Waals surface area contributed by atoms with Crippen molar-refractivity contribution in [3.05, 3.63) is 41.0 Å². The second-order valence-corrected chi connectivity index (χ2v) is 6.72. The van der Waals surface area contributed by atoms with Crippen molar-refractivity contribution < 1.29 is 0 Å². The van der Waals surface area contributed by atoms with Crippen molar-refractivity contribution in [1.82, 2.24) is 10.3 Å². The Kier molecular flexibility index (Phi) is 4.18. The van der Waals surface area contributed by atoms with Crippen LogP contribution in [0.2, 0.25) is 0 Å². The van der Waals surface area contributed by atoms with E-state index in [0.29, 0.717) is 5.92 Å². The van der Waals surface area contributed by atoms with Gasteiger partial charge in [0.1, 0.15) is 0 Å². The zero-order chi connectivity index (χ0) is 13.9. The number of thiazole rings is 1. The largest absolute Gasteiger partial charge is 0.311 e. The molecular formula is C17H22N2S. The van der Waals surface area contributed by atoms with Gasteiger partial charge in [-0.3, -0.25) is 0 Å². The Labute approximate surface area is 125 Å². The summed E-state index contributed by atoms with van der Waals surface area (Å²) in [5, 5.41) is 4.83. The van der Waals surface area contributed by atoms with Crippen LogP contribution in [0, 0.1) is 5.92 Å². The Morgan fingerprint density at radius 1 is 1.30 bits per heavy atom. The minimum Gasteiger partial charge on any atom is -0.311 e. The lowest BCUT2D eigenvalue weighted by Gasteiger charge is -2.03. The molecule has 0 saturated heterocycles. The lowest BCUT2D eigenvalue weighted by molar-refractivity contribution is 0.665. The fourth-order valence-electron chi connectivity index (χ4n) is 2.51. The number of rotatable bonds is 6. The maximum Gasteiger partial charge on any atom is 0.0969 e. The summed E-state index contributed by atoms with van der Waals surface area (Å²) >= 11 is 1.89. The molecule has 0 bridgehead atoms. The van der Waals surface area contributed by atoms with Crippen molar-refractivity contribution >= 4 is 11.3 Å². The van der Waals surface area contributed by atoms with E-state index < -0.39 is 0 Å². The first-order chi connectivity index (χ1) is 9.79. The van der Waals surface area contributed by atoms with Crippen LogP contribution in [-0.4, -0.2) is 11.5 Å². The molecule has 1 aromatic carbocycles. The van der Waals surface area contributed by atoms with E-state index in [0.717, 1.165) is 25.4 Å². The molecule has 1 fully saturated rings. The molecule has 106 valence electrons. The molecule has 0 aliphatic heterocycles. The average Bonchev–Trinajstić information content (AvgIpc) is 3.05. The van der Waals surface area contributed by atoms with Gasteiger partial charge in [-0.05, 0) is 30.9 Å². The molecule has 2 atom stereocenters. The van der Waals surface area contributed by atoms with Crippen molar-refractivity contribution in [2.24, 2.45) is 5.92 Å². The van der Waals surface area contributed by atoms with Gasteiger partial charge in [0.2, 0.25) is 0 Å². The van der Waals surface area contributed by atoms with Gasteiger partial charge in [-0.1, -0.05) is 44.2 Å². The first-order valence-corrected chi connectivity index (χ1v) is 8.37. The molecule has 20 heavy (non-hydrogen) atoms. The molecule has 1 heterocycles. The SMILES string of the molecule is CCCNCc1nc(C2CC2C)sc1-c1ccccc1. The molecule has 2 unspecified atom stereocenters. The standard InChI is InChI=1S/C17H22N2S/c1-3-9-18-11-15-16(13-7-5-4-6-8-13)20-17(19-15)14-10-12(14)2/h4-8,12,14,18H,3,9-11H2,1-2H3.